The van der Waals surface area contributed by atoms with E-state index in [0.717, 1.165) is 25.2 Å². The van der Waals surface area contributed by atoms with Crippen LogP contribution in [0.4, 0.5) is 4.39 Å². The standard InChI is InChI=1S/C14H22FN7/c1-19(2)13-10-20(11-14(13)22-6-4-16-18-22)8-12-7-17-21(9-12)5-3-15/h4,6-7,9,13-14H,3,5,8,10-11H2,1-2H3/t13-,14+/m1/s1. The van der Waals surface area contributed by atoms with E-state index in [-0.39, 0.29) is 6.67 Å². The van der Waals surface area contributed by atoms with Crippen LogP contribution in [0.3, 0.4) is 0 Å². The molecule has 2 aromatic rings. The van der Waals surface area contributed by atoms with Gasteiger partial charge in [0.1, 0.15) is 6.67 Å². The first-order valence-corrected chi connectivity index (χ1v) is 7.49. The van der Waals surface area contributed by atoms with Gasteiger partial charge in [0.05, 0.1) is 25.0 Å². The highest BCUT2D eigenvalue weighted by Gasteiger charge is 2.35. The first-order chi connectivity index (χ1) is 10.7. The molecule has 0 spiro atoms. The minimum absolute atomic E-state index is 0.290. The predicted molar refractivity (Wildman–Crippen MR) is 80.0 cm³/mol. The Morgan fingerprint density at radius 2 is 2.23 bits per heavy atom. The maximum Gasteiger partial charge on any atom is 0.109 e. The number of nitrogens with zero attached hydrogens (tertiary/aromatic N) is 7. The Kier molecular flexibility index (Phi) is 4.49. The molecule has 2 aromatic heterocycles. The maximum absolute atomic E-state index is 12.3. The van der Waals surface area contributed by atoms with E-state index in [0.29, 0.717) is 18.6 Å². The van der Waals surface area contributed by atoms with Crippen molar-refractivity contribution in [2.24, 2.45) is 0 Å². The van der Waals surface area contributed by atoms with E-state index in [1.54, 1.807) is 10.9 Å². The van der Waals surface area contributed by atoms with Crippen LogP contribution in [0.5, 0.6) is 0 Å². The molecule has 1 aliphatic rings. The summed E-state index contributed by atoms with van der Waals surface area (Å²) in [6.07, 6.45) is 7.39. The lowest BCUT2D eigenvalue weighted by Crippen LogP contribution is -2.36. The second-order valence-corrected chi connectivity index (χ2v) is 5.98. The molecule has 2 atom stereocenters. The molecule has 0 unspecified atom stereocenters. The van der Waals surface area contributed by atoms with Gasteiger partial charge in [0, 0.05) is 43.6 Å². The topological polar surface area (TPSA) is 55.0 Å². The zero-order valence-electron chi connectivity index (χ0n) is 13.0. The van der Waals surface area contributed by atoms with Crippen LogP contribution in [0.2, 0.25) is 0 Å². The smallest absolute Gasteiger partial charge is 0.109 e. The maximum atomic E-state index is 12.3. The van der Waals surface area contributed by atoms with Crippen LogP contribution >= 0.6 is 0 Å². The minimum atomic E-state index is -0.387. The lowest BCUT2D eigenvalue weighted by molar-refractivity contribution is 0.237. The lowest BCUT2D eigenvalue weighted by Gasteiger charge is -2.24. The molecular weight excluding hydrogens is 285 g/mol. The average Bonchev–Trinajstić information content (AvgIpc) is 3.19. The molecule has 3 heterocycles. The summed E-state index contributed by atoms with van der Waals surface area (Å²) in [4.78, 5) is 4.62. The first kappa shape index (κ1) is 15.1. The number of rotatable bonds is 6. The zero-order chi connectivity index (χ0) is 15.5. The summed E-state index contributed by atoms with van der Waals surface area (Å²) in [5.74, 6) is 0. The summed E-state index contributed by atoms with van der Waals surface area (Å²) in [6, 6.07) is 0.681. The van der Waals surface area contributed by atoms with Crippen LogP contribution in [-0.2, 0) is 13.1 Å². The number of halogens is 1. The highest BCUT2D eigenvalue weighted by atomic mass is 19.1. The summed E-state index contributed by atoms with van der Waals surface area (Å²) in [6.45, 7) is 2.64. The normalized spacial score (nSPS) is 22.7. The Labute approximate surface area is 129 Å². The number of alkyl halides is 1. The lowest BCUT2D eigenvalue weighted by atomic mass is 10.1. The molecule has 1 fully saturated rings. The molecule has 0 radical (unpaired) electrons. The Bertz CT molecular complexity index is 580. The Hall–Kier alpha value is -1.80. The van der Waals surface area contributed by atoms with Gasteiger partial charge in [-0.15, -0.1) is 5.10 Å². The van der Waals surface area contributed by atoms with Crippen LogP contribution in [0, 0.1) is 0 Å². The molecule has 0 bridgehead atoms. The van der Waals surface area contributed by atoms with Crippen LogP contribution in [0.15, 0.2) is 24.8 Å². The van der Waals surface area contributed by atoms with E-state index in [1.165, 1.54) is 0 Å². The molecule has 0 N–H and O–H groups in total. The molecule has 8 heteroatoms. The fourth-order valence-corrected chi connectivity index (χ4v) is 3.09. The van der Waals surface area contributed by atoms with Crippen LogP contribution in [0.1, 0.15) is 11.6 Å². The average molecular weight is 307 g/mol. The minimum Gasteiger partial charge on any atom is -0.303 e. The largest absolute Gasteiger partial charge is 0.303 e. The molecular formula is C14H22FN7. The van der Waals surface area contributed by atoms with E-state index < -0.39 is 0 Å². The first-order valence-electron chi connectivity index (χ1n) is 7.49. The van der Waals surface area contributed by atoms with Crippen molar-refractivity contribution in [2.75, 3.05) is 33.9 Å². The third-order valence-corrected chi connectivity index (χ3v) is 4.19. The molecule has 1 aliphatic heterocycles. The summed E-state index contributed by atoms with van der Waals surface area (Å²) < 4.78 is 15.9. The van der Waals surface area contributed by atoms with Gasteiger partial charge in [-0.05, 0) is 14.1 Å². The van der Waals surface area contributed by atoms with Gasteiger partial charge in [0.2, 0.25) is 0 Å². The third kappa shape index (κ3) is 3.17. The Morgan fingerprint density at radius 3 is 2.91 bits per heavy atom. The molecule has 7 nitrogen and oxygen atoms in total. The van der Waals surface area contributed by atoms with E-state index >= 15 is 0 Å². The van der Waals surface area contributed by atoms with Crippen molar-refractivity contribution in [1.29, 1.82) is 0 Å². The number of hydrogen-bond donors (Lipinski definition) is 0. The van der Waals surface area contributed by atoms with Gasteiger partial charge >= 0.3 is 0 Å². The number of aromatic nitrogens is 5. The van der Waals surface area contributed by atoms with Gasteiger partial charge in [-0.3, -0.25) is 9.58 Å². The van der Waals surface area contributed by atoms with E-state index in [1.807, 2.05) is 23.3 Å². The van der Waals surface area contributed by atoms with E-state index in [2.05, 4.69) is 39.3 Å². The Balaban J connectivity index is 1.67. The summed E-state index contributed by atoms with van der Waals surface area (Å²) in [5, 5.41) is 12.3. The highest BCUT2D eigenvalue weighted by Crippen LogP contribution is 2.25. The fourth-order valence-electron chi connectivity index (χ4n) is 3.09. The molecule has 0 amide bonds. The van der Waals surface area contributed by atoms with Crippen molar-refractivity contribution in [1.82, 2.24) is 34.6 Å². The second kappa shape index (κ2) is 6.53. The van der Waals surface area contributed by atoms with Crippen molar-refractivity contribution in [3.05, 3.63) is 30.4 Å². The summed E-state index contributed by atoms with van der Waals surface area (Å²) in [5.41, 5.74) is 1.12. The zero-order valence-corrected chi connectivity index (χ0v) is 13.0. The molecule has 0 aromatic carbocycles. The molecule has 3 rings (SSSR count). The number of hydrogen-bond acceptors (Lipinski definition) is 5. The molecule has 0 aliphatic carbocycles. The second-order valence-electron chi connectivity index (χ2n) is 5.98. The van der Waals surface area contributed by atoms with Gasteiger partial charge in [-0.25, -0.2) is 9.07 Å². The number of likely N-dealkylation sites (N-methyl/N-ethyl adjacent to an activating group) is 1. The number of likely N-dealkylation sites (tertiary alicyclic amines) is 1. The monoisotopic (exact) mass is 307 g/mol. The van der Waals surface area contributed by atoms with Gasteiger partial charge < -0.3 is 4.90 Å². The quantitative estimate of drug-likeness (QED) is 0.775. The molecule has 120 valence electrons. The van der Waals surface area contributed by atoms with E-state index in [4.69, 9.17) is 0 Å². The van der Waals surface area contributed by atoms with Crippen LogP contribution in [-0.4, -0.2) is 74.5 Å². The molecule has 0 saturated carbocycles. The van der Waals surface area contributed by atoms with Crippen molar-refractivity contribution in [3.8, 4) is 0 Å². The van der Waals surface area contributed by atoms with E-state index in [9.17, 15) is 4.39 Å². The summed E-state index contributed by atoms with van der Waals surface area (Å²) >= 11 is 0. The van der Waals surface area contributed by atoms with Gasteiger partial charge in [-0.2, -0.15) is 5.10 Å². The van der Waals surface area contributed by atoms with Crippen LogP contribution < -0.4 is 0 Å². The predicted octanol–water partition coefficient (Wildman–Crippen LogP) is 0.431. The Morgan fingerprint density at radius 1 is 1.36 bits per heavy atom. The molecule has 1 saturated heterocycles. The SMILES string of the molecule is CN(C)[C@@H]1CN(Cc2cnn(CCF)c2)C[C@@H]1n1ccnn1. The van der Waals surface area contributed by atoms with Crippen molar-refractivity contribution in [2.45, 2.75) is 25.2 Å². The highest BCUT2D eigenvalue weighted by molar-refractivity contribution is 5.05. The fraction of sp³-hybridized carbons (Fsp3) is 0.643. The van der Waals surface area contributed by atoms with Gasteiger partial charge in [0.15, 0.2) is 0 Å². The van der Waals surface area contributed by atoms with Crippen molar-refractivity contribution < 1.29 is 4.39 Å². The number of aryl methyl sites for hydroxylation is 1. The van der Waals surface area contributed by atoms with Crippen LogP contribution in [0.25, 0.3) is 0 Å². The van der Waals surface area contributed by atoms with Crippen molar-refractivity contribution in [3.63, 3.8) is 0 Å². The van der Waals surface area contributed by atoms with Gasteiger partial charge in [0.25, 0.3) is 0 Å². The van der Waals surface area contributed by atoms with Crippen molar-refractivity contribution >= 4 is 0 Å². The van der Waals surface area contributed by atoms with Gasteiger partial charge in [-0.1, -0.05) is 5.21 Å². The third-order valence-electron chi connectivity index (χ3n) is 4.19. The molecule has 22 heavy (non-hydrogen) atoms. The summed E-state index contributed by atoms with van der Waals surface area (Å²) in [7, 11) is 4.19.